The lowest BCUT2D eigenvalue weighted by molar-refractivity contribution is -0.173. The van der Waals surface area contributed by atoms with Crippen molar-refractivity contribution in [2.45, 2.75) is 25.9 Å². The molecule has 0 bridgehead atoms. The summed E-state index contributed by atoms with van der Waals surface area (Å²) < 4.78 is 40.4. The molecule has 0 saturated carbocycles. The molecule has 0 atom stereocenters. The molecular weight excluding hydrogens is 269 g/mol. The van der Waals surface area contributed by atoms with Crippen LogP contribution in [0.1, 0.15) is 17.5 Å². The van der Waals surface area contributed by atoms with E-state index in [1.807, 2.05) is 13.0 Å². The highest BCUT2D eigenvalue weighted by Gasteiger charge is 2.27. The number of halogens is 3. The fraction of sp³-hybridized carbons (Fsp3) is 0.571. The van der Waals surface area contributed by atoms with Gasteiger partial charge in [0.15, 0.2) is 0 Å². The van der Waals surface area contributed by atoms with Gasteiger partial charge in [0.2, 0.25) is 0 Å². The summed E-state index contributed by atoms with van der Waals surface area (Å²) in [6, 6.07) is 4.04. The van der Waals surface area contributed by atoms with Gasteiger partial charge in [-0.05, 0) is 37.0 Å². The summed E-state index contributed by atoms with van der Waals surface area (Å²) in [6.45, 7) is 2.50. The van der Waals surface area contributed by atoms with Crippen molar-refractivity contribution in [3.63, 3.8) is 0 Å². The molecule has 1 aromatic carbocycles. The molecule has 2 N–H and O–H groups in total. The molecule has 112 valence electrons. The number of ether oxygens (including phenoxy) is 1. The SMILES string of the molecule is Cc1cc2c(cc1N)N(CCCOCC(F)(F)F)CC2. The molecule has 0 unspecified atom stereocenters. The van der Waals surface area contributed by atoms with E-state index < -0.39 is 12.8 Å². The Balaban J connectivity index is 1.81. The summed E-state index contributed by atoms with van der Waals surface area (Å²) in [5, 5.41) is 0. The van der Waals surface area contributed by atoms with Crippen LogP contribution in [0.15, 0.2) is 12.1 Å². The average Bonchev–Trinajstić information content (AvgIpc) is 2.71. The van der Waals surface area contributed by atoms with Crippen LogP contribution < -0.4 is 10.6 Å². The van der Waals surface area contributed by atoms with Crippen LogP contribution in [0.3, 0.4) is 0 Å². The lowest BCUT2D eigenvalue weighted by Gasteiger charge is -2.20. The minimum atomic E-state index is -4.24. The summed E-state index contributed by atoms with van der Waals surface area (Å²) in [4.78, 5) is 2.15. The third kappa shape index (κ3) is 3.79. The van der Waals surface area contributed by atoms with Crippen LogP contribution in [0, 0.1) is 6.92 Å². The molecular formula is C14H19F3N2O. The number of anilines is 2. The van der Waals surface area contributed by atoms with Crippen LogP contribution in [0.2, 0.25) is 0 Å². The van der Waals surface area contributed by atoms with Crippen molar-refractivity contribution in [3.05, 3.63) is 23.3 Å². The van der Waals surface area contributed by atoms with E-state index in [0.29, 0.717) is 13.0 Å². The molecule has 0 spiro atoms. The van der Waals surface area contributed by atoms with E-state index >= 15 is 0 Å². The Morgan fingerprint density at radius 1 is 1.35 bits per heavy atom. The molecule has 0 amide bonds. The molecule has 0 aliphatic carbocycles. The van der Waals surface area contributed by atoms with Crippen molar-refractivity contribution in [1.29, 1.82) is 0 Å². The number of nitrogens with zero attached hydrogens (tertiary/aromatic N) is 1. The molecule has 0 fully saturated rings. The van der Waals surface area contributed by atoms with Gasteiger partial charge in [-0.3, -0.25) is 0 Å². The van der Waals surface area contributed by atoms with Gasteiger partial charge in [-0.1, -0.05) is 6.07 Å². The fourth-order valence-electron chi connectivity index (χ4n) is 2.42. The molecule has 6 heteroatoms. The fourth-order valence-corrected chi connectivity index (χ4v) is 2.42. The van der Waals surface area contributed by atoms with E-state index in [-0.39, 0.29) is 6.61 Å². The zero-order valence-electron chi connectivity index (χ0n) is 11.5. The first-order chi connectivity index (χ1) is 9.37. The quantitative estimate of drug-likeness (QED) is 0.669. The van der Waals surface area contributed by atoms with Crippen molar-refractivity contribution >= 4 is 11.4 Å². The number of rotatable bonds is 5. The monoisotopic (exact) mass is 288 g/mol. The van der Waals surface area contributed by atoms with Crippen LogP contribution in [0.4, 0.5) is 24.5 Å². The number of aryl methyl sites for hydroxylation is 1. The molecule has 1 aromatic rings. The first-order valence-corrected chi connectivity index (χ1v) is 6.65. The van der Waals surface area contributed by atoms with E-state index in [2.05, 4.69) is 15.7 Å². The van der Waals surface area contributed by atoms with E-state index in [9.17, 15) is 13.2 Å². The summed E-state index contributed by atoms with van der Waals surface area (Å²) in [7, 11) is 0. The van der Waals surface area contributed by atoms with Gasteiger partial charge < -0.3 is 15.4 Å². The maximum Gasteiger partial charge on any atom is 0.411 e. The number of nitrogens with two attached hydrogens (primary N) is 1. The highest BCUT2D eigenvalue weighted by atomic mass is 19.4. The van der Waals surface area contributed by atoms with Gasteiger partial charge in [0.25, 0.3) is 0 Å². The van der Waals surface area contributed by atoms with Gasteiger partial charge in [0.05, 0.1) is 0 Å². The van der Waals surface area contributed by atoms with Crippen LogP contribution in [0.5, 0.6) is 0 Å². The van der Waals surface area contributed by atoms with E-state index in [0.717, 1.165) is 29.9 Å². The third-order valence-corrected chi connectivity index (χ3v) is 3.44. The summed E-state index contributed by atoms with van der Waals surface area (Å²) >= 11 is 0. The minimum absolute atomic E-state index is 0.118. The summed E-state index contributed by atoms with van der Waals surface area (Å²) in [6.07, 6.45) is -2.71. The van der Waals surface area contributed by atoms with E-state index in [4.69, 9.17) is 5.73 Å². The van der Waals surface area contributed by atoms with Gasteiger partial charge in [-0.15, -0.1) is 0 Å². The van der Waals surface area contributed by atoms with Crippen molar-refractivity contribution in [3.8, 4) is 0 Å². The summed E-state index contributed by atoms with van der Waals surface area (Å²) in [5.74, 6) is 0. The van der Waals surface area contributed by atoms with Crippen molar-refractivity contribution in [1.82, 2.24) is 0 Å². The predicted octanol–water partition coefficient (Wildman–Crippen LogP) is 2.91. The van der Waals surface area contributed by atoms with Gasteiger partial charge in [0, 0.05) is 31.1 Å². The topological polar surface area (TPSA) is 38.5 Å². The number of benzene rings is 1. The number of nitrogen functional groups attached to an aromatic ring is 1. The average molecular weight is 288 g/mol. The van der Waals surface area contributed by atoms with Gasteiger partial charge >= 0.3 is 6.18 Å². The maximum atomic E-state index is 11.9. The van der Waals surface area contributed by atoms with Crippen LogP contribution in [-0.2, 0) is 11.2 Å². The molecule has 20 heavy (non-hydrogen) atoms. The molecule has 0 aromatic heterocycles. The normalized spacial score (nSPS) is 14.7. The second kappa shape index (κ2) is 5.91. The molecule has 1 aliphatic heterocycles. The standard InChI is InChI=1S/C14H19F3N2O/c1-10-7-11-3-5-19(13(11)8-12(10)18)4-2-6-20-9-14(15,16)17/h7-8H,2-6,9,18H2,1H3. The highest BCUT2D eigenvalue weighted by molar-refractivity contribution is 5.67. The van der Waals surface area contributed by atoms with Gasteiger partial charge in [0.1, 0.15) is 6.61 Å². The third-order valence-electron chi connectivity index (χ3n) is 3.44. The Hall–Kier alpha value is -1.43. The molecule has 2 rings (SSSR count). The molecule has 1 heterocycles. The Morgan fingerprint density at radius 2 is 2.10 bits per heavy atom. The Bertz CT molecular complexity index is 474. The predicted molar refractivity (Wildman–Crippen MR) is 73.0 cm³/mol. The number of hydrogen-bond donors (Lipinski definition) is 1. The Morgan fingerprint density at radius 3 is 2.80 bits per heavy atom. The van der Waals surface area contributed by atoms with E-state index in [1.54, 1.807) is 0 Å². The zero-order valence-corrected chi connectivity index (χ0v) is 11.5. The number of fused-ring (bicyclic) bond motifs is 1. The van der Waals surface area contributed by atoms with Crippen LogP contribution in [-0.4, -0.2) is 32.5 Å². The summed E-state index contributed by atoms with van der Waals surface area (Å²) in [5.41, 5.74) is 10.1. The van der Waals surface area contributed by atoms with E-state index in [1.165, 1.54) is 5.56 Å². The molecule has 3 nitrogen and oxygen atoms in total. The minimum Gasteiger partial charge on any atom is -0.398 e. The van der Waals surface area contributed by atoms with Crippen molar-refractivity contribution in [2.75, 3.05) is 36.9 Å². The zero-order chi connectivity index (χ0) is 14.8. The lowest BCUT2D eigenvalue weighted by atomic mass is 10.1. The number of hydrogen-bond acceptors (Lipinski definition) is 3. The Labute approximate surface area is 116 Å². The van der Waals surface area contributed by atoms with Gasteiger partial charge in [-0.2, -0.15) is 13.2 Å². The smallest absolute Gasteiger partial charge is 0.398 e. The number of alkyl halides is 3. The first-order valence-electron chi connectivity index (χ1n) is 6.65. The highest BCUT2D eigenvalue weighted by Crippen LogP contribution is 2.31. The second-order valence-electron chi connectivity index (χ2n) is 5.10. The lowest BCUT2D eigenvalue weighted by Crippen LogP contribution is -2.24. The maximum absolute atomic E-state index is 11.9. The van der Waals surface area contributed by atoms with Crippen molar-refractivity contribution in [2.24, 2.45) is 0 Å². The van der Waals surface area contributed by atoms with Crippen LogP contribution in [0.25, 0.3) is 0 Å². The van der Waals surface area contributed by atoms with Gasteiger partial charge in [-0.25, -0.2) is 0 Å². The Kier molecular flexibility index (Phi) is 4.42. The largest absolute Gasteiger partial charge is 0.411 e. The molecule has 0 radical (unpaired) electrons. The molecule has 1 aliphatic rings. The first kappa shape index (κ1) is 15.0. The van der Waals surface area contributed by atoms with Crippen LogP contribution >= 0.6 is 0 Å². The molecule has 0 saturated heterocycles. The second-order valence-corrected chi connectivity index (χ2v) is 5.10. The van der Waals surface area contributed by atoms with Crippen molar-refractivity contribution < 1.29 is 17.9 Å².